The van der Waals surface area contributed by atoms with Gasteiger partial charge in [-0.2, -0.15) is 0 Å². The van der Waals surface area contributed by atoms with E-state index in [2.05, 4.69) is 20.6 Å². The van der Waals surface area contributed by atoms with E-state index in [1.807, 2.05) is 0 Å². The lowest BCUT2D eigenvalue weighted by Crippen LogP contribution is -2.50. The molecule has 0 aliphatic carbocycles. The Bertz CT molecular complexity index is 1390. The normalized spacial score (nSPS) is 18.3. The number of methoxy groups -OCH3 is 1. The van der Waals surface area contributed by atoms with E-state index < -0.39 is 24.6 Å². The quantitative estimate of drug-likeness (QED) is 0.251. The van der Waals surface area contributed by atoms with Gasteiger partial charge >= 0.3 is 0 Å². The fourth-order valence-electron chi connectivity index (χ4n) is 4.81. The molecule has 1 amide bonds. The van der Waals surface area contributed by atoms with Crippen LogP contribution in [0.2, 0.25) is 5.02 Å². The molecule has 40 heavy (non-hydrogen) atoms. The standard InChI is InChI=1S/C26H26ClF4N5O4/c1-38-23-16(27)8-13(28)9-18(23)35-22-20-17(3-5-33-26(20)37)34-21(22)15-2-4-32-10-19(15)40-12-14-11-36(6-7-39-14)25(31)24(29)30/h2,4,8-10,14,24-25,34-35H,3,5-7,11-12H2,1H3,(H,33,37)/t14-,25?/m0/s1. The Kier molecular flexibility index (Phi) is 8.33. The van der Waals surface area contributed by atoms with Crippen LogP contribution in [0.15, 0.2) is 30.6 Å². The van der Waals surface area contributed by atoms with Crippen molar-refractivity contribution in [1.82, 2.24) is 20.2 Å². The second-order valence-corrected chi connectivity index (χ2v) is 9.61. The molecule has 4 heterocycles. The topological polar surface area (TPSA) is 101 Å². The fraction of sp³-hybridized carbons (Fsp3) is 0.385. The molecule has 3 N–H and O–H groups in total. The highest BCUT2D eigenvalue weighted by Gasteiger charge is 2.33. The second-order valence-electron chi connectivity index (χ2n) is 9.21. The van der Waals surface area contributed by atoms with Gasteiger partial charge in [0.1, 0.15) is 24.3 Å². The van der Waals surface area contributed by atoms with Crippen molar-refractivity contribution in [1.29, 1.82) is 0 Å². The lowest BCUT2D eigenvalue weighted by Gasteiger charge is -2.34. The van der Waals surface area contributed by atoms with E-state index in [4.69, 9.17) is 25.8 Å². The van der Waals surface area contributed by atoms with Crippen molar-refractivity contribution in [3.8, 4) is 22.8 Å². The molecule has 3 aromatic rings. The maximum Gasteiger partial charge on any atom is 0.282 e. The minimum absolute atomic E-state index is 0.0391. The fourth-order valence-corrected chi connectivity index (χ4v) is 5.10. The molecule has 9 nitrogen and oxygen atoms in total. The summed E-state index contributed by atoms with van der Waals surface area (Å²) in [6.45, 7) is 0.390. The third-order valence-corrected chi connectivity index (χ3v) is 6.92. The van der Waals surface area contributed by atoms with Crippen LogP contribution in [0.4, 0.5) is 28.9 Å². The summed E-state index contributed by atoms with van der Waals surface area (Å²) in [5, 5.41) is 5.96. The average molecular weight is 584 g/mol. The van der Waals surface area contributed by atoms with Crippen molar-refractivity contribution in [2.24, 2.45) is 0 Å². The van der Waals surface area contributed by atoms with Crippen molar-refractivity contribution in [2.45, 2.75) is 25.2 Å². The summed E-state index contributed by atoms with van der Waals surface area (Å²) in [5.74, 6) is -0.471. The predicted molar refractivity (Wildman–Crippen MR) is 139 cm³/mol. The summed E-state index contributed by atoms with van der Waals surface area (Å²) in [6, 6.07) is 3.97. The van der Waals surface area contributed by atoms with Crippen LogP contribution in [0.3, 0.4) is 0 Å². The number of rotatable bonds is 9. The van der Waals surface area contributed by atoms with E-state index in [-0.39, 0.29) is 48.7 Å². The minimum Gasteiger partial charge on any atom is -0.493 e. The van der Waals surface area contributed by atoms with Gasteiger partial charge in [0.15, 0.2) is 5.75 Å². The Morgan fingerprint density at radius 3 is 2.92 bits per heavy atom. The summed E-state index contributed by atoms with van der Waals surface area (Å²) in [5.41, 5.74) is 2.47. The molecule has 2 atom stereocenters. The summed E-state index contributed by atoms with van der Waals surface area (Å²) in [7, 11) is 1.39. The highest BCUT2D eigenvalue weighted by atomic mass is 35.5. The number of anilines is 2. The first-order valence-electron chi connectivity index (χ1n) is 12.4. The van der Waals surface area contributed by atoms with Gasteiger partial charge in [-0.05, 0) is 12.1 Å². The average Bonchev–Trinajstić information content (AvgIpc) is 3.30. The maximum absolute atomic E-state index is 14.3. The number of morpholine rings is 1. The van der Waals surface area contributed by atoms with Gasteiger partial charge < -0.3 is 29.8 Å². The number of hydrogen-bond donors (Lipinski definition) is 3. The molecule has 1 aromatic carbocycles. The van der Waals surface area contributed by atoms with E-state index in [0.29, 0.717) is 46.9 Å². The zero-order chi connectivity index (χ0) is 28.4. The zero-order valence-electron chi connectivity index (χ0n) is 21.3. The lowest BCUT2D eigenvalue weighted by molar-refractivity contribution is -0.118. The second kappa shape index (κ2) is 11.9. The molecular formula is C26H26ClF4N5O4. The molecule has 214 valence electrons. The van der Waals surface area contributed by atoms with E-state index in [0.717, 1.165) is 11.0 Å². The van der Waals surface area contributed by atoms with E-state index in [1.165, 1.54) is 25.6 Å². The van der Waals surface area contributed by atoms with Crippen LogP contribution < -0.4 is 20.1 Å². The van der Waals surface area contributed by atoms with Gasteiger partial charge in [-0.25, -0.2) is 17.6 Å². The Hall–Kier alpha value is -3.55. The van der Waals surface area contributed by atoms with Crippen LogP contribution in [0.5, 0.6) is 11.5 Å². The number of carbonyl (C=O) groups excluding carboxylic acids is 1. The molecule has 2 aromatic heterocycles. The predicted octanol–water partition coefficient (Wildman–Crippen LogP) is 4.55. The molecular weight excluding hydrogens is 558 g/mol. The number of ether oxygens (including phenoxy) is 3. The number of nitrogens with zero attached hydrogens (tertiary/aromatic N) is 2. The first kappa shape index (κ1) is 28.0. The monoisotopic (exact) mass is 583 g/mol. The summed E-state index contributed by atoms with van der Waals surface area (Å²) in [4.78, 5) is 21.4. The molecule has 0 bridgehead atoms. The lowest BCUT2D eigenvalue weighted by atomic mass is 10.0. The molecule has 0 saturated carbocycles. The van der Waals surface area contributed by atoms with Crippen LogP contribution >= 0.6 is 11.6 Å². The van der Waals surface area contributed by atoms with Crippen molar-refractivity contribution in [3.63, 3.8) is 0 Å². The van der Waals surface area contributed by atoms with Crippen LogP contribution in [0, 0.1) is 5.82 Å². The van der Waals surface area contributed by atoms with Gasteiger partial charge in [0.2, 0.25) is 6.30 Å². The number of fused-ring (bicyclic) bond motifs is 1. The number of benzene rings is 1. The molecule has 1 saturated heterocycles. The van der Waals surface area contributed by atoms with Crippen molar-refractivity contribution in [3.05, 3.63) is 52.7 Å². The zero-order valence-corrected chi connectivity index (χ0v) is 22.0. The number of halogens is 5. The van der Waals surface area contributed by atoms with Crippen molar-refractivity contribution in [2.75, 3.05) is 45.3 Å². The van der Waals surface area contributed by atoms with Gasteiger partial charge in [-0.1, -0.05) is 11.6 Å². The minimum atomic E-state index is -3.13. The number of nitrogens with one attached hydrogen (secondary N) is 3. The van der Waals surface area contributed by atoms with Gasteiger partial charge in [0, 0.05) is 49.6 Å². The highest BCUT2D eigenvalue weighted by molar-refractivity contribution is 6.32. The first-order chi connectivity index (χ1) is 19.3. The van der Waals surface area contributed by atoms with Crippen molar-refractivity contribution < 1.29 is 36.6 Å². The van der Waals surface area contributed by atoms with Gasteiger partial charge in [-0.3, -0.25) is 14.7 Å². The van der Waals surface area contributed by atoms with Crippen LogP contribution in [0.25, 0.3) is 11.3 Å². The SMILES string of the molecule is COc1c(Cl)cc(F)cc1Nc1c(-c2ccncc2OC[C@@H]2CN(C(F)C(F)F)CCO2)[nH]c2c1C(=O)NCC2. The van der Waals surface area contributed by atoms with Gasteiger partial charge in [0.25, 0.3) is 12.3 Å². The number of H-pyrrole nitrogens is 1. The molecule has 2 aliphatic rings. The van der Waals surface area contributed by atoms with Crippen LogP contribution in [-0.2, 0) is 11.2 Å². The molecule has 2 aliphatic heterocycles. The largest absolute Gasteiger partial charge is 0.493 e. The molecule has 1 fully saturated rings. The number of hydrogen-bond acceptors (Lipinski definition) is 7. The molecule has 14 heteroatoms. The summed E-state index contributed by atoms with van der Waals surface area (Å²) in [6.07, 6.45) is -2.69. The summed E-state index contributed by atoms with van der Waals surface area (Å²) >= 11 is 6.19. The molecule has 0 spiro atoms. The molecule has 5 rings (SSSR count). The first-order valence-corrected chi connectivity index (χ1v) is 12.8. The smallest absolute Gasteiger partial charge is 0.282 e. The van der Waals surface area contributed by atoms with Gasteiger partial charge in [-0.15, -0.1) is 0 Å². The third-order valence-electron chi connectivity index (χ3n) is 6.64. The Morgan fingerprint density at radius 2 is 2.15 bits per heavy atom. The van der Waals surface area contributed by atoms with E-state index in [9.17, 15) is 22.4 Å². The maximum atomic E-state index is 14.3. The number of aromatic amines is 1. The number of aromatic nitrogens is 2. The number of pyridine rings is 1. The molecule has 1 unspecified atom stereocenters. The third kappa shape index (κ3) is 5.67. The number of amides is 1. The van der Waals surface area contributed by atoms with E-state index in [1.54, 1.807) is 6.07 Å². The van der Waals surface area contributed by atoms with Crippen LogP contribution in [-0.4, -0.2) is 79.6 Å². The Balaban J connectivity index is 1.48. The van der Waals surface area contributed by atoms with Gasteiger partial charge in [0.05, 0.1) is 47.6 Å². The number of carbonyl (C=O) groups is 1. The summed E-state index contributed by atoms with van der Waals surface area (Å²) < 4.78 is 70.9. The van der Waals surface area contributed by atoms with Crippen molar-refractivity contribution >= 4 is 28.9 Å². The Morgan fingerprint density at radius 1 is 1.32 bits per heavy atom. The highest BCUT2D eigenvalue weighted by Crippen LogP contribution is 2.43. The molecule has 0 radical (unpaired) electrons. The number of alkyl halides is 3. The van der Waals surface area contributed by atoms with Crippen LogP contribution in [0.1, 0.15) is 16.1 Å². The Labute approximate surface area is 231 Å². The van der Waals surface area contributed by atoms with E-state index >= 15 is 0 Å².